The lowest BCUT2D eigenvalue weighted by molar-refractivity contribution is 0.114. The summed E-state index contributed by atoms with van der Waals surface area (Å²) in [6.07, 6.45) is 2.26. The fourth-order valence-electron chi connectivity index (χ4n) is 3.48. The topological polar surface area (TPSA) is 40.1 Å². The van der Waals surface area contributed by atoms with Gasteiger partial charge in [0.15, 0.2) is 5.96 Å². The van der Waals surface area contributed by atoms with Gasteiger partial charge in [0.05, 0.1) is 6.61 Å². The minimum Gasteiger partial charge on any atom is -0.381 e. The second-order valence-electron chi connectivity index (χ2n) is 7.53. The molecule has 152 valence electrons. The molecule has 0 aromatic heterocycles. The van der Waals surface area contributed by atoms with Crippen LogP contribution in [0, 0.1) is 5.92 Å². The molecule has 1 heterocycles. The van der Waals surface area contributed by atoms with Crippen LogP contribution in [0.4, 0.5) is 0 Å². The summed E-state index contributed by atoms with van der Waals surface area (Å²) in [4.78, 5) is 9.71. The van der Waals surface area contributed by atoms with E-state index in [1.54, 1.807) is 0 Å². The van der Waals surface area contributed by atoms with Crippen molar-refractivity contribution in [1.29, 1.82) is 0 Å². The molecule has 5 nitrogen and oxygen atoms in total. The van der Waals surface area contributed by atoms with E-state index >= 15 is 0 Å². The molecule has 0 aliphatic carbocycles. The normalized spacial score (nSPS) is 18.9. The van der Waals surface area contributed by atoms with Gasteiger partial charge in [0.1, 0.15) is 0 Å². The molecule has 1 aromatic carbocycles. The van der Waals surface area contributed by atoms with Crippen molar-refractivity contribution in [2.24, 2.45) is 10.9 Å². The second-order valence-corrected chi connectivity index (χ2v) is 7.53. The third-order valence-corrected chi connectivity index (χ3v) is 5.31. The summed E-state index contributed by atoms with van der Waals surface area (Å²) in [6.45, 7) is 13.0. The quantitative estimate of drug-likeness (QED) is 0.504. The van der Waals surface area contributed by atoms with Gasteiger partial charge in [-0.15, -0.1) is 0 Å². The zero-order valence-electron chi connectivity index (χ0n) is 17.7. The Hall–Kier alpha value is -1.59. The lowest BCUT2D eigenvalue weighted by Crippen LogP contribution is -2.40. The maximum Gasteiger partial charge on any atom is 0.193 e. The van der Waals surface area contributed by atoms with Crippen LogP contribution in [-0.2, 0) is 11.3 Å². The Labute approximate surface area is 165 Å². The van der Waals surface area contributed by atoms with Crippen LogP contribution >= 0.6 is 0 Å². The number of nitrogens with zero attached hydrogens (tertiary/aromatic N) is 3. The number of rotatable bonds is 10. The lowest BCUT2D eigenvalue weighted by Gasteiger charge is -2.25. The first-order valence-electron chi connectivity index (χ1n) is 10.5. The fraction of sp³-hybridized carbons (Fsp3) is 0.682. The Morgan fingerprint density at radius 3 is 2.81 bits per heavy atom. The Kier molecular flexibility index (Phi) is 9.64. The highest BCUT2D eigenvalue weighted by Crippen LogP contribution is 2.17. The van der Waals surface area contributed by atoms with E-state index in [4.69, 9.17) is 9.73 Å². The maximum absolute atomic E-state index is 5.60. The number of hydrogen-bond donors (Lipinski definition) is 1. The predicted molar refractivity (Wildman–Crippen MR) is 114 cm³/mol. The summed E-state index contributed by atoms with van der Waals surface area (Å²) in [6, 6.07) is 11.2. The lowest BCUT2D eigenvalue weighted by atomic mass is 10.1. The number of hydrogen-bond acceptors (Lipinski definition) is 3. The molecule has 27 heavy (non-hydrogen) atoms. The molecular weight excluding hydrogens is 336 g/mol. The molecule has 0 saturated carbocycles. The molecular formula is C22H38N4O. The van der Waals surface area contributed by atoms with E-state index < -0.39 is 0 Å². The first-order valence-corrected chi connectivity index (χ1v) is 10.5. The Morgan fingerprint density at radius 1 is 1.33 bits per heavy atom. The fourth-order valence-corrected chi connectivity index (χ4v) is 3.48. The van der Waals surface area contributed by atoms with Crippen LogP contribution in [0.15, 0.2) is 35.3 Å². The standard InChI is InChI=1S/C22H38N4O/c1-5-23-22(26-15-13-21(17-26)18-27-6-2)24-14-12-19(3)25(4)16-20-10-8-7-9-11-20/h7-11,19,21H,5-6,12-18H2,1-4H3,(H,23,24). The van der Waals surface area contributed by atoms with E-state index in [1.165, 1.54) is 12.0 Å². The van der Waals surface area contributed by atoms with E-state index in [2.05, 4.69) is 73.3 Å². The summed E-state index contributed by atoms with van der Waals surface area (Å²) in [5.41, 5.74) is 1.36. The molecule has 1 aliphatic rings. The van der Waals surface area contributed by atoms with Crippen molar-refractivity contribution in [2.75, 3.05) is 46.4 Å². The highest BCUT2D eigenvalue weighted by atomic mass is 16.5. The molecule has 5 heteroatoms. The number of likely N-dealkylation sites (tertiary alicyclic amines) is 1. The van der Waals surface area contributed by atoms with Crippen molar-refractivity contribution in [3.05, 3.63) is 35.9 Å². The van der Waals surface area contributed by atoms with Gasteiger partial charge in [0, 0.05) is 51.3 Å². The van der Waals surface area contributed by atoms with E-state index in [0.717, 1.165) is 58.3 Å². The summed E-state index contributed by atoms with van der Waals surface area (Å²) in [5.74, 6) is 1.69. The third-order valence-electron chi connectivity index (χ3n) is 5.31. The van der Waals surface area contributed by atoms with Gasteiger partial charge in [-0.3, -0.25) is 9.89 Å². The van der Waals surface area contributed by atoms with Crippen molar-refractivity contribution in [2.45, 2.75) is 46.2 Å². The molecule has 1 saturated heterocycles. The van der Waals surface area contributed by atoms with Gasteiger partial charge in [-0.25, -0.2) is 0 Å². The SMILES string of the molecule is CCNC(=NCCC(C)N(C)Cc1ccccc1)N1CCC(COCC)C1. The summed E-state index contributed by atoms with van der Waals surface area (Å²) < 4.78 is 5.60. The second kappa shape index (κ2) is 12.0. The van der Waals surface area contributed by atoms with Gasteiger partial charge in [0.25, 0.3) is 0 Å². The number of ether oxygens (including phenoxy) is 1. The summed E-state index contributed by atoms with van der Waals surface area (Å²) >= 11 is 0. The van der Waals surface area contributed by atoms with Crippen molar-refractivity contribution < 1.29 is 4.74 Å². The molecule has 0 bridgehead atoms. The van der Waals surface area contributed by atoms with Crippen molar-refractivity contribution >= 4 is 5.96 Å². The minimum absolute atomic E-state index is 0.501. The monoisotopic (exact) mass is 374 g/mol. The van der Waals surface area contributed by atoms with Gasteiger partial charge in [-0.05, 0) is 46.2 Å². The average Bonchev–Trinajstić information content (AvgIpc) is 3.15. The molecule has 0 spiro atoms. The number of aliphatic imine (C=N–C) groups is 1. The Balaban J connectivity index is 1.80. The zero-order chi connectivity index (χ0) is 19.5. The number of benzene rings is 1. The Bertz CT molecular complexity index is 549. The third kappa shape index (κ3) is 7.51. The molecule has 1 N–H and O–H groups in total. The van der Waals surface area contributed by atoms with Crippen LogP contribution in [0.1, 0.15) is 39.2 Å². The molecule has 1 aromatic rings. The number of nitrogens with one attached hydrogen (secondary N) is 1. The van der Waals surface area contributed by atoms with Crippen LogP contribution in [0.5, 0.6) is 0 Å². The molecule has 1 aliphatic heterocycles. The summed E-state index contributed by atoms with van der Waals surface area (Å²) in [5, 5.41) is 3.47. The first-order chi connectivity index (χ1) is 13.1. The van der Waals surface area contributed by atoms with Crippen molar-refractivity contribution in [1.82, 2.24) is 15.1 Å². The minimum atomic E-state index is 0.501. The van der Waals surface area contributed by atoms with Crippen LogP contribution in [0.3, 0.4) is 0 Å². The largest absolute Gasteiger partial charge is 0.381 e. The molecule has 2 rings (SSSR count). The van der Waals surface area contributed by atoms with Gasteiger partial charge >= 0.3 is 0 Å². The van der Waals surface area contributed by atoms with Crippen molar-refractivity contribution in [3.63, 3.8) is 0 Å². The highest BCUT2D eigenvalue weighted by Gasteiger charge is 2.24. The first kappa shape index (κ1) is 21.7. The van der Waals surface area contributed by atoms with Crippen LogP contribution < -0.4 is 5.32 Å². The van der Waals surface area contributed by atoms with Crippen LogP contribution in [0.2, 0.25) is 0 Å². The van der Waals surface area contributed by atoms with Gasteiger partial charge in [0.2, 0.25) is 0 Å². The van der Waals surface area contributed by atoms with Gasteiger partial charge in [-0.2, -0.15) is 0 Å². The molecule has 0 amide bonds. The summed E-state index contributed by atoms with van der Waals surface area (Å²) in [7, 11) is 2.20. The van der Waals surface area contributed by atoms with Gasteiger partial charge in [-0.1, -0.05) is 30.3 Å². The van der Waals surface area contributed by atoms with Crippen LogP contribution in [0.25, 0.3) is 0 Å². The van der Waals surface area contributed by atoms with Crippen molar-refractivity contribution in [3.8, 4) is 0 Å². The average molecular weight is 375 g/mol. The van der Waals surface area contributed by atoms with Gasteiger partial charge < -0.3 is 15.0 Å². The maximum atomic E-state index is 5.60. The molecule has 2 atom stereocenters. The zero-order valence-corrected chi connectivity index (χ0v) is 17.7. The molecule has 0 radical (unpaired) electrons. The molecule has 2 unspecified atom stereocenters. The highest BCUT2D eigenvalue weighted by molar-refractivity contribution is 5.80. The number of guanidine groups is 1. The van der Waals surface area contributed by atoms with E-state index in [-0.39, 0.29) is 0 Å². The smallest absolute Gasteiger partial charge is 0.193 e. The Morgan fingerprint density at radius 2 is 2.11 bits per heavy atom. The van der Waals surface area contributed by atoms with Crippen LogP contribution in [-0.4, -0.2) is 68.2 Å². The molecule has 1 fully saturated rings. The predicted octanol–water partition coefficient (Wildman–Crippen LogP) is 3.22. The van der Waals surface area contributed by atoms with E-state index in [1.807, 2.05) is 0 Å². The van der Waals surface area contributed by atoms with E-state index in [9.17, 15) is 0 Å². The van der Waals surface area contributed by atoms with E-state index in [0.29, 0.717) is 12.0 Å².